The van der Waals surface area contributed by atoms with Gasteiger partial charge >= 0.3 is 6.03 Å². The lowest BCUT2D eigenvalue weighted by Gasteiger charge is -2.40. The molecule has 1 aromatic heterocycles. The minimum Gasteiger partial charge on any atom is -0.317 e. The van der Waals surface area contributed by atoms with Crippen molar-refractivity contribution >= 4 is 6.03 Å². The molecule has 1 saturated heterocycles. The number of benzene rings is 1. The van der Waals surface area contributed by atoms with Gasteiger partial charge in [-0.3, -0.25) is 4.57 Å². The van der Waals surface area contributed by atoms with E-state index in [1.807, 2.05) is 4.90 Å². The van der Waals surface area contributed by atoms with Crippen molar-refractivity contribution in [2.45, 2.75) is 31.8 Å². The first-order valence-corrected chi connectivity index (χ1v) is 7.83. The van der Waals surface area contributed by atoms with Crippen LogP contribution in [0.2, 0.25) is 0 Å². The van der Waals surface area contributed by atoms with Gasteiger partial charge in [-0.15, -0.1) is 0 Å². The van der Waals surface area contributed by atoms with Crippen molar-refractivity contribution in [3.8, 4) is 0 Å². The van der Waals surface area contributed by atoms with E-state index < -0.39 is 0 Å². The Morgan fingerprint density at radius 1 is 1.23 bits per heavy atom. The number of fused-ring (bicyclic) bond motifs is 2. The fourth-order valence-electron chi connectivity index (χ4n) is 3.66. The van der Waals surface area contributed by atoms with Crippen molar-refractivity contribution in [1.82, 2.24) is 19.8 Å². The monoisotopic (exact) mass is 296 g/mol. The highest BCUT2D eigenvalue weighted by Gasteiger charge is 2.51. The van der Waals surface area contributed by atoms with Gasteiger partial charge < -0.3 is 10.2 Å². The molecule has 114 valence electrons. The molecule has 5 nitrogen and oxygen atoms in total. The van der Waals surface area contributed by atoms with Crippen molar-refractivity contribution in [3.05, 3.63) is 53.6 Å². The van der Waals surface area contributed by atoms with Crippen molar-refractivity contribution < 1.29 is 4.79 Å². The van der Waals surface area contributed by atoms with Crippen LogP contribution in [0, 0.1) is 6.92 Å². The highest BCUT2D eigenvalue weighted by atomic mass is 16.2. The van der Waals surface area contributed by atoms with Gasteiger partial charge in [0, 0.05) is 18.9 Å². The molecule has 2 aliphatic heterocycles. The predicted molar refractivity (Wildman–Crippen MR) is 83.5 cm³/mol. The second kappa shape index (κ2) is 4.95. The van der Waals surface area contributed by atoms with E-state index in [4.69, 9.17) is 0 Å². The molecule has 1 amide bonds. The lowest BCUT2D eigenvalue weighted by molar-refractivity contribution is 0.0949. The van der Waals surface area contributed by atoms with Crippen LogP contribution in [-0.2, 0) is 12.1 Å². The van der Waals surface area contributed by atoms with E-state index in [9.17, 15) is 4.79 Å². The van der Waals surface area contributed by atoms with Gasteiger partial charge in [-0.25, -0.2) is 9.78 Å². The molecule has 2 aromatic rings. The van der Waals surface area contributed by atoms with E-state index in [0.29, 0.717) is 6.54 Å². The summed E-state index contributed by atoms with van der Waals surface area (Å²) in [5.41, 5.74) is 2.15. The van der Waals surface area contributed by atoms with E-state index in [0.717, 1.165) is 31.8 Å². The number of amides is 1. The molecule has 1 N–H and O–H groups in total. The highest BCUT2D eigenvalue weighted by Crippen LogP contribution is 2.42. The van der Waals surface area contributed by atoms with Crippen LogP contribution < -0.4 is 5.32 Å². The van der Waals surface area contributed by atoms with Crippen molar-refractivity contribution in [2.24, 2.45) is 0 Å². The average Bonchev–Trinajstić information content (AvgIpc) is 3.10. The summed E-state index contributed by atoms with van der Waals surface area (Å²) in [6.07, 6.45) is 5.36. The average molecular weight is 296 g/mol. The third-order valence-electron chi connectivity index (χ3n) is 4.90. The zero-order valence-electron chi connectivity index (χ0n) is 12.7. The zero-order chi connectivity index (χ0) is 15.2. The normalized spacial score (nSPS) is 19.7. The Bertz CT molecular complexity index is 698. The molecule has 5 heteroatoms. The summed E-state index contributed by atoms with van der Waals surface area (Å²) in [4.78, 5) is 19.3. The Kier molecular flexibility index (Phi) is 3.04. The Morgan fingerprint density at radius 3 is 2.68 bits per heavy atom. The van der Waals surface area contributed by atoms with Crippen molar-refractivity contribution in [1.29, 1.82) is 0 Å². The Morgan fingerprint density at radius 2 is 1.95 bits per heavy atom. The quantitative estimate of drug-likeness (QED) is 0.925. The molecule has 0 saturated carbocycles. The maximum atomic E-state index is 12.8. The summed E-state index contributed by atoms with van der Waals surface area (Å²) >= 11 is 0. The number of imidazole rings is 1. The van der Waals surface area contributed by atoms with Crippen molar-refractivity contribution in [2.75, 3.05) is 13.1 Å². The molecule has 3 heterocycles. The molecule has 0 bridgehead atoms. The third kappa shape index (κ3) is 1.89. The molecule has 0 unspecified atom stereocenters. The summed E-state index contributed by atoms with van der Waals surface area (Å²) in [7, 11) is 0. The molecule has 0 radical (unpaired) electrons. The van der Waals surface area contributed by atoms with Crippen LogP contribution in [0.25, 0.3) is 0 Å². The first-order valence-electron chi connectivity index (χ1n) is 7.83. The second-order valence-electron chi connectivity index (χ2n) is 6.26. The lowest BCUT2D eigenvalue weighted by atomic mass is 9.86. The molecule has 2 aliphatic rings. The summed E-state index contributed by atoms with van der Waals surface area (Å²) in [6, 6.07) is 8.47. The number of aromatic nitrogens is 2. The van der Waals surface area contributed by atoms with E-state index in [1.54, 1.807) is 17.0 Å². The van der Waals surface area contributed by atoms with Crippen LogP contribution >= 0.6 is 0 Å². The Labute approximate surface area is 130 Å². The largest absolute Gasteiger partial charge is 0.330 e. The van der Waals surface area contributed by atoms with Crippen LogP contribution in [0.5, 0.6) is 0 Å². The van der Waals surface area contributed by atoms with Crippen LogP contribution in [0.1, 0.15) is 29.8 Å². The molecular formula is C17H20N4O. The summed E-state index contributed by atoms with van der Waals surface area (Å²) in [5, 5.41) is 3.39. The number of nitrogens with zero attached hydrogens (tertiary/aromatic N) is 3. The number of carbonyl (C=O) groups excluding carboxylic acids is 1. The van der Waals surface area contributed by atoms with Crippen LogP contribution in [0.4, 0.5) is 4.79 Å². The van der Waals surface area contributed by atoms with Gasteiger partial charge in [0.05, 0.1) is 0 Å². The molecule has 0 aliphatic carbocycles. The number of carbonyl (C=O) groups is 1. The van der Waals surface area contributed by atoms with Crippen LogP contribution in [0.15, 0.2) is 36.7 Å². The second-order valence-corrected chi connectivity index (χ2v) is 6.26. The predicted octanol–water partition coefficient (Wildman–Crippen LogP) is 2.25. The van der Waals surface area contributed by atoms with Gasteiger partial charge in [-0.2, -0.15) is 0 Å². The van der Waals surface area contributed by atoms with Crippen molar-refractivity contribution in [3.63, 3.8) is 0 Å². The van der Waals surface area contributed by atoms with Gasteiger partial charge in [-0.1, -0.05) is 29.8 Å². The molecule has 1 aromatic carbocycles. The molecule has 4 rings (SSSR count). The maximum absolute atomic E-state index is 12.8. The van der Waals surface area contributed by atoms with Gasteiger partial charge in [-0.05, 0) is 38.4 Å². The third-order valence-corrected chi connectivity index (χ3v) is 4.90. The topological polar surface area (TPSA) is 50.2 Å². The number of hydrogen-bond acceptors (Lipinski definition) is 3. The Hall–Kier alpha value is -2.14. The number of aryl methyl sites for hydroxylation is 1. The highest BCUT2D eigenvalue weighted by molar-refractivity contribution is 5.82. The number of nitrogens with one attached hydrogen (secondary N) is 1. The number of piperidine rings is 1. The smallest absolute Gasteiger partial charge is 0.317 e. The minimum atomic E-state index is -0.253. The minimum absolute atomic E-state index is 0.0509. The Balaban J connectivity index is 1.72. The van der Waals surface area contributed by atoms with Gasteiger partial charge in [0.25, 0.3) is 0 Å². The summed E-state index contributed by atoms with van der Waals surface area (Å²) in [6.45, 7) is 4.56. The first kappa shape index (κ1) is 13.5. The van der Waals surface area contributed by atoms with Gasteiger partial charge in [0.1, 0.15) is 11.4 Å². The maximum Gasteiger partial charge on any atom is 0.330 e. The summed E-state index contributed by atoms with van der Waals surface area (Å²) in [5.74, 6) is 0.908. The van der Waals surface area contributed by atoms with Gasteiger partial charge in [0.15, 0.2) is 0 Å². The van der Waals surface area contributed by atoms with E-state index >= 15 is 0 Å². The first-order chi connectivity index (χ1) is 10.7. The van der Waals surface area contributed by atoms with Gasteiger partial charge in [0.2, 0.25) is 0 Å². The van der Waals surface area contributed by atoms with E-state index in [1.165, 1.54) is 11.1 Å². The SMILES string of the molecule is Cc1ccc(CN2C(=O)n3ccnc3C23CCNCC3)cc1. The summed E-state index contributed by atoms with van der Waals surface area (Å²) < 4.78 is 1.72. The number of hydrogen-bond donors (Lipinski definition) is 1. The number of rotatable bonds is 2. The lowest BCUT2D eigenvalue weighted by Crippen LogP contribution is -2.50. The molecular weight excluding hydrogens is 276 g/mol. The fraction of sp³-hybridized carbons (Fsp3) is 0.412. The fourth-order valence-corrected chi connectivity index (χ4v) is 3.66. The molecule has 1 fully saturated rings. The van der Waals surface area contributed by atoms with E-state index in [-0.39, 0.29) is 11.6 Å². The van der Waals surface area contributed by atoms with Crippen LogP contribution in [-0.4, -0.2) is 33.6 Å². The standard InChI is InChI=1S/C17H20N4O/c1-13-2-4-14(5-3-13)12-21-16(22)20-11-10-19-15(20)17(21)6-8-18-9-7-17/h2-5,10-11,18H,6-9,12H2,1H3. The molecule has 0 atom stereocenters. The molecule has 22 heavy (non-hydrogen) atoms. The van der Waals surface area contributed by atoms with E-state index in [2.05, 4.69) is 41.5 Å². The van der Waals surface area contributed by atoms with Crippen LogP contribution in [0.3, 0.4) is 0 Å². The molecule has 1 spiro atoms. The zero-order valence-corrected chi connectivity index (χ0v) is 12.7.